The summed E-state index contributed by atoms with van der Waals surface area (Å²) < 4.78 is 5.51. The average molecular weight is 221 g/mol. The highest BCUT2D eigenvalue weighted by Crippen LogP contribution is 2.39. The maximum absolute atomic E-state index is 9.72. The van der Waals surface area contributed by atoms with Crippen molar-refractivity contribution in [1.29, 1.82) is 0 Å². The number of hydrogen-bond acceptors (Lipinski definition) is 3. The molecular formula is C13H19NO2. The Kier molecular flexibility index (Phi) is 2.80. The monoisotopic (exact) mass is 221 g/mol. The summed E-state index contributed by atoms with van der Waals surface area (Å²) in [6, 6.07) is 5.80. The Hall–Kier alpha value is -1.22. The van der Waals surface area contributed by atoms with Crippen molar-refractivity contribution in [3.8, 4) is 11.5 Å². The molecule has 0 fully saturated rings. The minimum atomic E-state index is 0.0603. The molecule has 0 bridgehead atoms. The van der Waals surface area contributed by atoms with Crippen molar-refractivity contribution in [1.82, 2.24) is 5.32 Å². The quantitative estimate of drug-likeness (QED) is 0.766. The molecule has 1 heterocycles. The van der Waals surface area contributed by atoms with E-state index in [1.807, 2.05) is 12.1 Å². The van der Waals surface area contributed by atoms with Crippen molar-refractivity contribution in [2.24, 2.45) is 0 Å². The van der Waals surface area contributed by atoms with Crippen LogP contribution in [0.3, 0.4) is 0 Å². The van der Waals surface area contributed by atoms with Gasteiger partial charge in [-0.2, -0.15) is 0 Å². The molecule has 1 aliphatic rings. The van der Waals surface area contributed by atoms with Crippen molar-refractivity contribution in [3.63, 3.8) is 0 Å². The van der Waals surface area contributed by atoms with E-state index in [-0.39, 0.29) is 17.3 Å². The first-order valence-electron chi connectivity index (χ1n) is 5.70. The first-order chi connectivity index (χ1) is 7.47. The zero-order valence-corrected chi connectivity index (χ0v) is 10.1. The largest absolute Gasteiger partial charge is 0.504 e. The summed E-state index contributed by atoms with van der Waals surface area (Å²) in [4.78, 5) is 0. The maximum Gasteiger partial charge on any atom is 0.165 e. The number of ether oxygens (including phenoxy) is 1. The molecule has 1 unspecified atom stereocenters. The van der Waals surface area contributed by atoms with E-state index in [0.29, 0.717) is 12.4 Å². The topological polar surface area (TPSA) is 41.5 Å². The number of phenols is 1. The lowest BCUT2D eigenvalue weighted by atomic mass is 9.96. The fourth-order valence-corrected chi connectivity index (χ4v) is 2.08. The summed E-state index contributed by atoms with van der Waals surface area (Å²) >= 11 is 0. The first kappa shape index (κ1) is 11.3. The van der Waals surface area contributed by atoms with E-state index in [2.05, 4.69) is 26.1 Å². The number of rotatable bonds is 1. The molecule has 0 aromatic heterocycles. The van der Waals surface area contributed by atoms with Crippen molar-refractivity contribution < 1.29 is 9.84 Å². The van der Waals surface area contributed by atoms with Crippen LogP contribution < -0.4 is 10.1 Å². The summed E-state index contributed by atoms with van der Waals surface area (Å²) in [6.45, 7) is 7.08. The lowest BCUT2D eigenvalue weighted by Crippen LogP contribution is -2.40. The van der Waals surface area contributed by atoms with Gasteiger partial charge in [-0.1, -0.05) is 12.1 Å². The Morgan fingerprint density at radius 2 is 2.12 bits per heavy atom. The van der Waals surface area contributed by atoms with E-state index in [4.69, 9.17) is 4.74 Å². The number of fused-ring (bicyclic) bond motifs is 1. The Labute approximate surface area is 96.4 Å². The van der Waals surface area contributed by atoms with Crippen LogP contribution in [0.25, 0.3) is 0 Å². The molecule has 16 heavy (non-hydrogen) atoms. The molecule has 1 aliphatic heterocycles. The fraction of sp³-hybridized carbons (Fsp3) is 0.538. The van der Waals surface area contributed by atoms with Gasteiger partial charge < -0.3 is 15.2 Å². The molecule has 1 aromatic rings. The molecule has 0 aliphatic carbocycles. The number of aromatic hydroxyl groups is 1. The second kappa shape index (κ2) is 3.98. The number of para-hydroxylation sites is 1. The molecule has 3 heteroatoms. The normalized spacial score (nSPS) is 20.1. The molecule has 0 amide bonds. The summed E-state index contributed by atoms with van der Waals surface area (Å²) in [5, 5.41) is 13.3. The predicted molar refractivity (Wildman–Crippen MR) is 63.8 cm³/mol. The lowest BCUT2D eigenvalue weighted by Gasteiger charge is -2.33. The Balaban J connectivity index is 2.30. The van der Waals surface area contributed by atoms with Gasteiger partial charge in [0.2, 0.25) is 0 Å². The maximum atomic E-state index is 9.72. The Bertz CT molecular complexity index is 382. The molecule has 1 atom stereocenters. The molecule has 0 radical (unpaired) electrons. The summed E-state index contributed by atoms with van der Waals surface area (Å²) in [5.41, 5.74) is 1.12. The van der Waals surface area contributed by atoms with Crippen LogP contribution in [0.2, 0.25) is 0 Å². The SMILES string of the molecule is CC(C)(C)NC1CCOc2c(O)cccc21. The second-order valence-electron chi connectivity index (χ2n) is 5.28. The second-order valence-corrected chi connectivity index (χ2v) is 5.28. The zero-order chi connectivity index (χ0) is 11.8. The van der Waals surface area contributed by atoms with Gasteiger partial charge in [-0.15, -0.1) is 0 Å². The number of hydrogen-bond donors (Lipinski definition) is 2. The van der Waals surface area contributed by atoms with E-state index >= 15 is 0 Å². The molecule has 0 saturated carbocycles. The third-order valence-corrected chi connectivity index (χ3v) is 2.66. The molecule has 88 valence electrons. The standard InChI is InChI=1S/C13H19NO2/c1-13(2,3)14-10-7-8-16-12-9(10)5-4-6-11(12)15/h4-6,10,14-15H,7-8H2,1-3H3. The molecule has 0 spiro atoms. The highest BCUT2D eigenvalue weighted by molar-refractivity contribution is 5.48. The van der Waals surface area contributed by atoms with Crippen LogP contribution in [0.1, 0.15) is 38.8 Å². The minimum absolute atomic E-state index is 0.0603. The van der Waals surface area contributed by atoms with Crippen LogP contribution in [0.4, 0.5) is 0 Å². The molecule has 3 nitrogen and oxygen atoms in total. The van der Waals surface area contributed by atoms with Crippen molar-refractivity contribution in [2.75, 3.05) is 6.61 Å². The van der Waals surface area contributed by atoms with Gasteiger partial charge in [0.1, 0.15) is 0 Å². The first-order valence-corrected chi connectivity index (χ1v) is 5.70. The Morgan fingerprint density at radius 3 is 2.81 bits per heavy atom. The molecule has 0 saturated heterocycles. The van der Waals surface area contributed by atoms with Gasteiger partial charge in [0.15, 0.2) is 11.5 Å². The van der Waals surface area contributed by atoms with E-state index in [0.717, 1.165) is 12.0 Å². The van der Waals surface area contributed by atoms with Crippen molar-refractivity contribution in [2.45, 2.75) is 38.8 Å². The molecular weight excluding hydrogens is 202 g/mol. The summed E-state index contributed by atoms with van der Waals surface area (Å²) in [7, 11) is 0. The van der Waals surface area contributed by atoms with Gasteiger partial charge in [0.25, 0.3) is 0 Å². The van der Waals surface area contributed by atoms with Crippen LogP contribution in [-0.2, 0) is 0 Å². The van der Waals surface area contributed by atoms with Gasteiger partial charge in [-0.3, -0.25) is 0 Å². The fourth-order valence-electron chi connectivity index (χ4n) is 2.08. The highest BCUT2D eigenvalue weighted by Gasteiger charge is 2.26. The predicted octanol–water partition coefficient (Wildman–Crippen LogP) is 2.60. The number of nitrogens with one attached hydrogen (secondary N) is 1. The lowest BCUT2D eigenvalue weighted by molar-refractivity contribution is 0.222. The number of benzene rings is 1. The highest BCUT2D eigenvalue weighted by atomic mass is 16.5. The van der Waals surface area contributed by atoms with E-state index < -0.39 is 0 Å². The van der Waals surface area contributed by atoms with Gasteiger partial charge in [0, 0.05) is 23.6 Å². The van der Waals surface area contributed by atoms with E-state index in [1.165, 1.54) is 0 Å². The van der Waals surface area contributed by atoms with Gasteiger partial charge in [0.05, 0.1) is 6.61 Å². The van der Waals surface area contributed by atoms with E-state index in [1.54, 1.807) is 6.07 Å². The zero-order valence-electron chi connectivity index (χ0n) is 10.1. The smallest absolute Gasteiger partial charge is 0.165 e. The third-order valence-electron chi connectivity index (χ3n) is 2.66. The van der Waals surface area contributed by atoms with Gasteiger partial charge in [-0.05, 0) is 26.8 Å². The van der Waals surface area contributed by atoms with Crippen LogP contribution in [0, 0.1) is 0 Å². The molecule has 1 aromatic carbocycles. The molecule has 2 rings (SSSR count). The van der Waals surface area contributed by atoms with Crippen LogP contribution in [-0.4, -0.2) is 17.3 Å². The number of phenolic OH excluding ortho intramolecular Hbond substituents is 1. The average Bonchev–Trinajstić information content (AvgIpc) is 2.17. The van der Waals surface area contributed by atoms with Crippen molar-refractivity contribution in [3.05, 3.63) is 23.8 Å². The Morgan fingerprint density at radius 1 is 1.38 bits per heavy atom. The van der Waals surface area contributed by atoms with Crippen LogP contribution in [0.5, 0.6) is 11.5 Å². The van der Waals surface area contributed by atoms with E-state index in [9.17, 15) is 5.11 Å². The van der Waals surface area contributed by atoms with Gasteiger partial charge >= 0.3 is 0 Å². The summed E-state index contributed by atoms with van der Waals surface area (Å²) in [5.74, 6) is 0.869. The van der Waals surface area contributed by atoms with Crippen molar-refractivity contribution >= 4 is 0 Å². The summed E-state index contributed by atoms with van der Waals surface area (Å²) in [6.07, 6.45) is 0.938. The third kappa shape index (κ3) is 2.30. The minimum Gasteiger partial charge on any atom is -0.504 e. The van der Waals surface area contributed by atoms with Crippen LogP contribution >= 0.6 is 0 Å². The molecule has 2 N–H and O–H groups in total. The van der Waals surface area contributed by atoms with Crippen LogP contribution in [0.15, 0.2) is 18.2 Å². The van der Waals surface area contributed by atoms with Gasteiger partial charge in [-0.25, -0.2) is 0 Å².